The highest BCUT2D eigenvalue weighted by Gasteiger charge is 2.35. The van der Waals surface area contributed by atoms with Crippen molar-refractivity contribution in [3.8, 4) is 0 Å². The van der Waals surface area contributed by atoms with Crippen LogP contribution >= 0.6 is 11.3 Å². The van der Waals surface area contributed by atoms with Gasteiger partial charge in [0.15, 0.2) is 0 Å². The molecule has 1 amide bonds. The van der Waals surface area contributed by atoms with Crippen molar-refractivity contribution < 1.29 is 19.1 Å². The van der Waals surface area contributed by atoms with Crippen molar-refractivity contribution in [3.63, 3.8) is 0 Å². The molecule has 5 nitrogen and oxygen atoms in total. The Morgan fingerprint density at radius 3 is 2.86 bits per heavy atom. The van der Waals surface area contributed by atoms with Gasteiger partial charge in [-0.2, -0.15) is 0 Å². The zero-order valence-electron chi connectivity index (χ0n) is 12.2. The van der Waals surface area contributed by atoms with Gasteiger partial charge >= 0.3 is 5.97 Å². The van der Waals surface area contributed by atoms with Gasteiger partial charge in [-0.3, -0.25) is 9.59 Å². The topological polar surface area (TPSA) is 79.5 Å². The number of carbonyl (C=O) groups excluding carboxylic acids is 1. The Morgan fingerprint density at radius 2 is 2.27 bits per heavy atom. The molecule has 2 N–H and O–H groups in total. The van der Waals surface area contributed by atoms with Gasteiger partial charge in [-0.15, -0.1) is 11.3 Å². The molecular weight excluding hydrogens is 302 g/mol. The lowest BCUT2D eigenvalue weighted by molar-refractivity contribution is -0.136. The highest BCUT2D eigenvalue weighted by atomic mass is 32.1. The number of aliphatic carboxylic acids is 1. The summed E-state index contributed by atoms with van der Waals surface area (Å²) in [5, 5.41) is 14.0. The molecular formula is C16H17NO4S. The second kappa shape index (κ2) is 5.96. The van der Waals surface area contributed by atoms with Gasteiger partial charge in [0.25, 0.3) is 5.91 Å². The number of rotatable bonds is 6. The van der Waals surface area contributed by atoms with Gasteiger partial charge in [0.2, 0.25) is 0 Å². The SMILES string of the molecule is Cc1coc(CC(=O)O)c1C(=O)NC(c1cccs1)C1CC1. The van der Waals surface area contributed by atoms with E-state index in [1.54, 1.807) is 18.3 Å². The number of furan rings is 1. The molecule has 1 atom stereocenters. The molecule has 6 heteroatoms. The second-order valence-corrected chi connectivity index (χ2v) is 6.57. The van der Waals surface area contributed by atoms with Gasteiger partial charge in [-0.1, -0.05) is 6.07 Å². The van der Waals surface area contributed by atoms with Crippen molar-refractivity contribution in [2.45, 2.75) is 32.2 Å². The summed E-state index contributed by atoms with van der Waals surface area (Å²) >= 11 is 1.63. The van der Waals surface area contributed by atoms with Crippen LogP contribution in [0.15, 0.2) is 28.2 Å². The van der Waals surface area contributed by atoms with Crippen LogP contribution in [0.3, 0.4) is 0 Å². The van der Waals surface area contributed by atoms with Crippen LogP contribution in [0.25, 0.3) is 0 Å². The first kappa shape index (κ1) is 14.8. The molecule has 0 aromatic carbocycles. The molecule has 0 saturated heterocycles. The molecule has 2 aromatic rings. The minimum Gasteiger partial charge on any atom is -0.481 e. The Labute approximate surface area is 132 Å². The summed E-state index contributed by atoms with van der Waals surface area (Å²) in [5.41, 5.74) is 1.01. The zero-order valence-corrected chi connectivity index (χ0v) is 13.0. The third-order valence-electron chi connectivity index (χ3n) is 3.82. The molecule has 0 radical (unpaired) electrons. The molecule has 1 aliphatic carbocycles. The molecule has 116 valence electrons. The zero-order chi connectivity index (χ0) is 15.7. The van der Waals surface area contributed by atoms with E-state index in [9.17, 15) is 9.59 Å². The lowest BCUT2D eigenvalue weighted by atomic mass is 10.1. The lowest BCUT2D eigenvalue weighted by Crippen LogP contribution is -2.30. The quantitative estimate of drug-likeness (QED) is 0.857. The number of thiophene rings is 1. The van der Waals surface area contributed by atoms with Gasteiger partial charge in [0, 0.05) is 10.4 Å². The molecule has 1 fully saturated rings. The van der Waals surface area contributed by atoms with Crippen molar-refractivity contribution in [1.82, 2.24) is 5.32 Å². The van der Waals surface area contributed by atoms with Crippen molar-refractivity contribution >= 4 is 23.2 Å². The lowest BCUT2D eigenvalue weighted by Gasteiger charge is -2.17. The van der Waals surface area contributed by atoms with E-state index in [1.807, 2.05) is 17.5 Å². The van der Waals surface area contributed by atoms with Crippen LogP contribution in [0.2, 0.25) is 0 Å². The molecule has 0 aliphatic heterocycles. The molecule has 22 heavy (non-hydrogen) atoms. The third-order valence-corrected chi connectivity index (χ3v) is 4.78. The van der Waals surface area contributed by atoms with Crippen LogP contribution < -0.4 is 5.32 Å². The smallest absolute Gasteiger partial charge is 0.311 e. The van der Waals surface area contributed by atoms with Gasteiger partial charge in [-0.25, -0.2) is 0 Å². The number of hydrogen-bond acceptors (Lipinski definition) is 4. The van der Waals surface area contributed by atoms with Crippen molar-refractivity contribution in [3.05, 3.63) is 45.5 Å². The standard InChI is InChI=1S/C16H17NO4S/c1-9-8-21-11(7-13(18)19)14(9)16(20)17-15(10-4-5-10)12-3-2-6-22-12/h2-3,6,8,10,15H,4-5,7H2,1H3,(H,17,20)(H,18,19). The summed E-state index contributed by atoms with van der Waals surface area (Å²) in [4.78, 5) is 24.6. The molecule has 1 saturated carbocycles. The van der Waals surface area contributed by atoms with Crippen LogP contribution in [-0.4, -0.2) is 17.0 Å². The average molecular weight is 319 g/mol. The minimum absolute atomic E-state index is 0.000483. The maximum absolute atomic E-state index is 12.6. The number of amides is 1. The van der Waals surface area contributed by atoms with E-state index in [0.717, 1.165) is 17.7 Å². The fourth-order valence-corrected chi connectivity index (χ4v) is 3.47. The molecule has 3 rings (SSSR count). The van der Waals surface area contributed by atoms with Crippen molar-refractivity contribution in [2.24, 2.45) is 5.92 Å². The number of carboxylic acid groups (broad SMARTS) is 1. The monoisotopic (exact) mass is 319 g/mol. The number of carbonyl (C=O) groups is 2. The summed E-state index contributed by atoms with van der Waals surface area (Å²) in [6.07, 6.45) is 3.36. The van der Waals surface area contributed by atoms with Crippen LogP contribution in [0.1, 0.15) is 45.4 Å². The highest BCUT2D eigenvalue weighted by molar-refractivity contribution is 7.10. The Bertz CT molecular complexity index is 685. The summed E-state index contributed by atoms with van der Waals surface area (Å²) < 4.78 is 5.24. The van der Waals surface area contributed by atoms with E-state index >= 15 is 0 Å². The van der Waals surface area contributed by atoms with Gasteiger partial charge in [0.1, 0.15) is 12.2 Å². The molecule has 1 unspecified atom stereocenters. The Hall–Kier alpha value is -2.08. The minimum atomic E-state index is -1.01. The number of aryl methyl sites for hydroxylation is 1. The van der Waals surface area contributed by atoms with E-state index in [-0.39, 0.29) is 24.1 Å². The van der Waals surface area contributed by atoms with E-state index < -0.39 is 5.97 Å². The van der Waals surface area contributed by atoms with Gasteiger partial charge in [0.05, 0.1) is 17.9 Å². The Kier molecular flexibility index (Phi) is 4.02. The summed E-state index contributed by atoms with van der Waals surface area (Å²) in [5.74, 6) is -0.589. The van der Waals surface area contributed by atoms with Crippen molar-refractivity contribution in [1.29, 1.82) is 0 Å². The maximum Gasteiger partial charge on any atom is 0.311 e. The Balaban J connectivity index is 1.81. The largest absolute Gasteiger partial charge is 0.481 e. The predicted molar refractivity (Wildman–Crippen MR) is 82.0 cm³/mol. The molecule has 0 spiro atoms. The fourth-order valence-electron chi connectivity index (χ4n) is 2.60. The first-order valence-corrected chi connectivity index (χ1v) is 8.07. The number of hydrogen-bond donors (Lipinski definition) is 2. The van der Waals surface area contributed by atoms with Crippen LogP contribution in [0.5, 0.6) is 0 Å². The van der Waals surface area contributed by atoms with Crippen LogP contribution in [-0.2, 0) is 11.2 Å². The fraction of sp³-hybridized carbons (Fsp3) is 0.375. The number of nitrogens with one attached hydrogen (secondary N) is 1. The molecule has 1 aliphatic rings. The van der Waals surface area contributed by atoms with Crippen LogP contribution in [0.4, 0.5) is 0 Å². The van der Waals surface area contributed by atoms with Crippen LogP contribution in [0, 0.1) is 12.8 Å². The molecule has 2 aromatic heterocycles. The second-order valence-electron chi connectivity index (χ2n) is 5.59. The van der Waals surface area contributed by atoms with Crippen molar-refractivity contribution in [2.75, 3.05) is 0 Å². The number of carboxylic acids is 1. The van der Waals surface area contributed by atoms with E-state index in [0.29, 0.717) is 17.0 Å². The van der Waals surface area contributed by atoms with E-state index in [2.05, 4.69) is 5.32 Å². The first-order valence-electron chi connectivity index (χ1n) is 7.19. The average Bonchev–Trinajstić information content (AvgIpc) is 3.02. The predicted octanol–water partition coefficient (Wildman–Crippen LogP) is 3.16. The molecule has 0 bridgehead atoms. The van der Waals surface area contributed by atoms with E-state index in [4.69, 9.17) is 9.52 Å². The third kappa shape index (κ3) is 3.06. The van der Waals surface area contributed by atoms with Gasteiger partial charge < -0.3 is 14.8 Å². The highest BCUT2D eigenvalue weighted by Crippen LogP contribution is 2.42. The maximum atomic E-state index is 12.6. The summed E-state index contributed by atoms with van der Waals surface area (Å²) in [7, 11) is 0. The van der Waals surface area contributed by atoms with E-state index in [1.165, 1.54) is 6.26 Å². The normalized spacial score (nSPS) is 15.5. The summed E-state index contributed by atoms with van der Waals surface area (Å²) in [6, 6.07) is 3.99. The first-order chi connectivity index (χ1) is 10.6. The molecule has 2 heterocycles. The van der Waals surface area contributed by atoms with Gasteiger partial charge in [-0.05, 0) is 37.1 Å². The Morgan fingerprint density at radius 1 is 1.50 bits per heavy atom. The summed E-state index contributed by atoms with van der Waals surface area (Å²) in [6.45, 7) is 1.75.